The quantitative estimate of drug-likeness (QED) is 0.649. The van der Waals surface area contributed by atoms with Gasteiger partial charge in [-0.25, -0.2) is 0 Å². The van der Waals surface area contributed by atoms with E-state index in [0.717, 1.165) is 0 Å². The predicted octanol–water partition coefficient (Wildman–Crippen LogP) is 3.21. The van der Waals surface area contributed by atoms with E-state index in [1.807, 2.05) is 6.92 Å². The van der Waals surface area contributed by atoms with E-state index in [-0.39, 0.29) is 23.0 Å². The number of hydrogen-bond donors (Lipinski definition) is 4. The molecule has 2 aromatic carbocycles. The van der Waals surface area contributed by atoms with Crippen LogP contribution in [0.5, 0.6) is 28.7 Å². The van der Waals surface area contributed by atoms with E-state index in [0.29, 0.717) is 23.3 Å². The number of phenols is 4. The van der Waals surface area contributed by atoms with Crippen molar-refractivity contribution in [3.05, 3.63) is 41.5 Å². The average Bonchev–Trinajstić information content (AvgIpc) is 2.41. The van der Waals surface area contributed by atoms with Gasteiger partial charge in [0.15, 0.2) is 11.5 Å². The normalized spacial score (nSPS) is 12.1. The zero-order valence-electron chi connectivity index (χ0n) is 11.9. The van der Waals surface area contributed by atoms with Gasteiger partial charge in [0, 0.05) is 17.7 Å². The summed E-state index contributed by atoms with van der Waals surface area (Å²) in [4.78, 5) is 0. The molecule has 0 aliphatic heterocycles. The standard InChI is InChI=1S/C16H18O5/c1-3-12-14(19)7-11(17)8-16(12)21-9(2)10-4-5-13(18)15(20)6-10/h4-9,17-20H,3H2,1-2H3. The number of benzene rings is 2. The summed E-state index contributed by atoms with van der Waals surface area (Å²) in [7, 11) is 0. The third kappa shape index (κ3) is 3.13. The molecule has 2 aromatic rings. The highest BCUT2D eigenvalue weighted by molar-refractivity contribution is 5.50. The summed E-state index contributed by atoms with van der Waals surface area (Å²) in [5.41, 5.74) is 1.26. The van der Waals surface area contributed by atoms with Gasteiger partial charge >= 0.3 is 0 Å². The number of phenolic OH excluding ortho intramolecular Hbond substituents is 4. The van der Waals surface area contributed by atoms with Gasteiger partial charge in [-0.1, -0.05) is 13.0 Å². The van der Waals surface area contributed by atoms with Crippen LogP contribution in [0.4, 0.5) is 0 Å². The maximum atomic E-state index is 9.82. The number of ether oxygens (including phenoxy) is 1. The summed E-state index contributed by atoms with van der Waals surface area (Å²) in [5.74, 6) is -0.142. The molecule has 0 heterocycles. The van der Waals surface area contributed by atoms with Crippen LogP contribution in [0.2, 0.25) is 0 Å². The molecule has 5 nitrogen and oxygen atoms in total. The highest BCUT2D eigenvalue weighted by Crippen LogP contribution is 2.36. The van der Waals surface area contributed by atoms with E-state index in [2.05, 4.69) is 0 Å². The second kappa shape index (κ2) is 5.83. The van der Waals surface area contributed by atoms with Crippen molar-refractivity contribution < 1.29 is 25.2 Å². The van der Waals surface area contributed by atoms with Gasteiger partial charge < -0.3 is 25.2 Å². The first-order chi connectivity index (χ1) is 9.92. The number of rotatable bonds is 4. The molecule has 112 valence electrons. The highest BCUT2D eigenvalue weighted by atomic mass is 16.5. The summed E-state index contributed by atoms with van der Waals surface area (Å²) in [6.07, 6.45) is 0.123. The maximum absolute atomic E-state index is 9.82. The molecule has 0 saturated carbocycles. The van der Waals surface area contributed by atoms with Gasteiger partial charge in [0.1, 0.15) is 23.4 Å². The van der Waals surface area contributed by atoms with Crippen LogP contribution in [0.1, 0.15) is 31.1 Å². The van der Waals surface area contributed by atoms with Crippen LogP contribution in [0.3, 0.4) is 0 Å². The maximum Gasteiger partial charge on any atom is 0.157 e. The smallest absolute Gasteiger partial charge is 0.157 e. The van der Waals surface area contributed by atoms with Crippen molar-refractivity contribution in [3.63, 3.8) is 0 Å². The minimum absolute atomic E-state index is 0.0201. The SMILES string of the molecule is CCc1c(O)cc(O)cc1OC(C)c1ccc(O)c(O)c1. The average molecular weight is 290 g/mol. The molecule has 1 unspecified atom stereocenters. The lowest BCUT2D eigenvalue weighted by molar-refractivity contribution is 0.222. The first-order valence-corrected chi connectivity index (χ1v) is 6.65. The van der Waals surface area contributed by atoms with Gasteiger partial charge in [-0.05, 0) is 31.0 Å². The van der Waals surface area contributed by atoms with Crippen LogP contribution in [-0.4, -0.2) is 20.4 Å². The summed E-state index contributed by atoms with van der Waals surface area (Å²) in [6.45, 7) is 3.64. The first kappa shape index (κ1) is 14.8. The Morgan fingerprint density at radius 3 is 2.29 bits per heavy atom. The Bertz CT molecular complexity index is 651. The van der Waals surface area contributed by atoms with Crippen molar-refractivity contribution in [1.29, 1.82) is 0 Å². The minimum Gasteiger partial charge on any atom is -0.508 e. The van der Waals surface area contributed by atoms with Crippen molar-refractivity contribution in [3.8, 4) is 28.7 Å². The molecule has 5 heteroatoms. The molecular formula is C16H18O5. The number of aromatic hydroxyl groups is 4. The van der Waals surface area contributed by atoms with E-state index >= 15 is 0 Å². The fraction of sp³-hybridized carbons (Fsp3) is 0.250. The van der Waals surface area contributed by atoms with Gasteiger partial charge in [-0.2, -0.15) is 0 Å². The van der Waals surface area contributed by atoms with Gasteiger partial charge in [0.05, 0.1) is 0 Å². The largest absolute Gasteiger partial charge is 0.508 e. The molecule has 4 N–H and O–H groups in total. The molecule has 2 rings (SSSR count). The molecule has 0 aliphatic rings. The molecule has 0 spiro atoms. The highest BCUT2D eigenvalue weighted by Gasteiger charge is 2.15. The molecule has 0 radical (unpaired) electrons. The van der Waals surface area contributed by atoms with Crippen LogP contribution >= 0.6 is 0 Å². The number of hydrogen-bond acceptors (Lipinski definition) is 5. The van der Waals surface area contributed by atoms with Crippen molar-refractivity contribution >= 4 is 0 Å². The Balaban J connectivity index is 2.30. The van der Waals surface area contributed by atoms with Crippen LogP contribution in [0, 0.1) is 0 Å². The molecule has 0 bridgehead atoms. The molecule has 0 aromatic heterocycles. The van der Waals surface area contributed by atoms with Gasteiger partial charge in [-0.15, -0.1) is 0 Å². The molecule has 0 aliphatic carbocycles. The monoisotopic (exact) mass is 290 g/mol. The van der Waals surface area contributed by atoms with Gasteiger partial charge in [-0.3, -0.25) is 0 Å². The Hall–Kier alpha value is -2.56. The minimum atomic E-state index is -0.428. The van der Waals surface area contributed by atoms with Crippen LogP contribution in [0.25, 0.3) is 0 Å². The Morgan fingerprint density at radius 2 is 1.67 bits per heavy atom. The Morgan fingerprint density at radius 1 is 0.952 bits per heavy atom. The van der Waals surface area contributed by atoms with Gasteiger partial charge in [0.2, 0.25) is 0 Å². The van der Waals surface area contributed by atoms with Crippen molar-refractivity contribution in [1.82, 2.24) is 0 Å². The van der Waals surface area contributed by atoms with Crippen LogP contribution in [-0.2, 0) is 6.42 Å². The summed E-state index contributed by atoms with van der Waals surface area (Å²) in [5, 5.41) is 38.2. The van der Waals surface area contributed by atoms with Crippen molar-refractivity contribution in [2.45, 2.75) is 26.4 Å². The van der Waals surface area contributed by atoms with E-state index < -0.39 is 6.10 Å². The predicted molar refractivity (Wildman–Crippen MR) is 78.0 cm³/mol. The van der Waals surface area contributed by atoms with Gasteiger partial charge in [0.25, 0.3) is 0 Å². The fourth-order valence-electron chi connectivity index (χ4n) is 2.13. The summed E-state index contributed by atoms with van der Waals surface area (Å²) >= 11 is 0. The lowest BCUT2D eigenvalue weighted by Crippen LogP contribution is -2.05. The molecule has 0 fully saturated rings. The van der Waals surface area contributed by atoms with E-state index in [1.165, 1.54) is 24.3 Å². The van der Waals surface area contributed by atoms with E-state index in [1.54, 1.807) is 13.0 Å². The lowest BCUT2D eigenvalue weighted by Gasteiger charge is -2.18. The van der Waals surface area contributed by atoms with Crippen LogP contribution < -0.4 is 4.74 Å². The molecule has 1 atom stereocenters. The second-order valence-electron chi connectivity index (χ2n) is 4.80. The zero-order chi connectivity index (χ0) is 15.6. The zero-order valence-corrected chi connectivity index (χ0v) is 11.9. The fourth-order valence-corrected chi connectivity index (χ4v) is 2.13. The van der Waals surface area contributed by atoms with Crippen molar-refractivity contribution in [2.24, 2.45) is 0 Å². The first-order valence-electron chi connectivity index (χ1n) is 6.65. The molecule has 0 saturated heterocycles. The Labute approximate surface area is 122 Å². The third-order valence-electron chi connectivity index (χ3n) is 3.30. The third-order valence-corrected chi connectivity index (χ3v) is 3.30. The van der Waals surface area contributed by atoms with Crippen molar-refractivity contribution in [2.75, 3.05) is 0 Å². The van der Waals surface area contributed by atoms with E-state index in [9.17, 15) is 20.4 Å². The Kier molecular flexibility index (Phi) is 4.12. The summed E-state index contributed by atoms with van der Waals surface area (Å²) in [6, 6.07) is 7.13. The van der Waals surface area contributed by atoms with E-state index in [4.69, 9.17) is 4.74 Å². The molecule has 0 amide bonds. The second-order valence-corrected chi connectivity index (χ2v) is 4.80. The molecular weight excluding hydrogens is 272 g/mol. The lowest BCUT2D eigenvalue weighted by atomic mass is 10.1. The molecule has 21 heavy (non-hydrogen) atoms. The summed E-state index contributed by atoms with van der Waals surface area (Å²) < 4.78 is 5.77. The topological polar surface area (TPSA) is 90.2 Å². The van der Waals surface area contributed by atoms with Crippen LogP contribution in [0.15, 0.2) is 30.3 Å².